The SMILES string of the molecule is Cc1cc(C)c(S(=O)(=O)N2CCNCC2(C)C)c(C)c1. The molecule has 0 aliphatic carbocycles. The maximum atomic E-state index is 13.1. The third-order valence-corrected chi connectivity index (χ3v) is 6.29. The fourth-order valence-electron chi connectivity index (χ4n) is 3.10. The molecular weight excluding hydrogens is 272 g/mol. The van der Waals surface area contributed by atoms with E-state index in [4.69, 9.17) is 0 Å². The second-order valence-corrected chi connectivity index (χ2v) is 8.09. The van der Waals surface area contributed by atoms with Crippen molar-refractivity contribution < 1.29 is 8.42 Å². The number of nitrogens with one attached hydrogen (secondary N) is 1. The molecule has 1 heterocycles. The molecule has 4 nitrogen and oxygen atoms in total. The van der Waals surface area contributed by atoms with E-state index in [0.717, 1.165) is 16.7 Å². The molecule has 0 radical (unpaired) electrons. The van der Waals surface area contributed by atoms with E-state index < -0.39 is 15.6 Å². The highest BCUT2D eigenvalue weighted by Gasteiger charge is 2.40. The van der Waals surface area contributed by atoms with Crippen LogP contribution in [0.3, 0.4) is 0 Å². The minimum Gasteiger partial charge on any atom is -0.314 e. The van der Waals surface area contributed by atoms with Gasteiger partial charge in [-0.2, -0.15) is 4.31 Å². The molecule has 20 heavy (non-hydrogen) atoms. The summed E-state index contributed by atoms with van der Waals surface area (Å²) in [6.07, 6.45) is 0. The fraction of sp³-hybridized carbons (Fsp3) is 0.600. The number of piperazine rings is 1. The molecule has 0 bridgehead atoms. The number of hydrogen-bond acceptors (Lipinski definition) is 3. The van der Waals surface area contributed by atoms with Crippen molar-refractivity contribution >= 4 is 10.0 Å². The van der Waals surface area contributed by atoms with Crippen LogP contribution in [-0.2, 0) is 10.0 Å². The monoisotopic (exact) mass is 296 g/mol. The predicted molar refractivity (Wildman–Crippen MR) is 81.5 cm³/mol. The molecule has 1 fully saturated rings. The van der Waals surface area contributed by atoms with Gasteiger partial charge in [-0.3, -0.25) is 0 Å². The molecule has 5 heteroatoms. The Morgan fingerprint density at radius 1 is 1.15 bits per heavy atom. The van der Waals surface area contributed by atoms with Crippen molar-refractivity contribution in [1.82, 2.24) is 9.62 Å². The van der Waals surface area contributed by atoms with Crippen LogP contribution in [0.15, 0.2) is 17.0 Å². The second-order valence-electron chi connectivity index (χ2n) is 6.29. The van der Waals surface area contributed by atoms with Crippen LogP contribution in [0.5, 0.6) is 0 Å². The van der Waals surface area contributed by atoms with Crippen LogP contribution in [0.25, 0.3) is 0 Å². The van der Waals surface area contributed by atoms with E-state index >= 15 is 0 Å². The van der Waals surface area contributed by atoms with E-state index in [0.29, 0.717) is 24.5 Å². The molecule has 0 amide bonds. The molecule has 2 rings (SSSR count). The smallest absolute Gasteiger partial charge is 0.244 e. The molecule has 1 saturated heterocycles. The normalized spacial score (nSPS) is 20.1. The standard InChI is InChI=1S/C15H24N2O2S/c1-11-8-12(2)14(13(3)9-11)20(18,19)17-7-6-16-10-15(17,4)5/h8-9,16H,6-7,10H2,1-5H3. The van der Waals surface area contributed by atoms with Gasteiger partial charge in [0.1, 0.15) is 0 Å². The van der Waals surface area contributed by atoms with Crippen LogP contribution in [0, 0.1) is 20.8 Å². The third kappa shape index (κ3) is 2.62. The number of nitrogens with zero attached hydrogens (tertiary/aromatic N) is 1. The van der Waals surface area contributed by atoms with Gasteiger partial charge in [-0.05, 0) is 45.7 Å². The lowest BCUT2D eigenvalue weighted by Crippen LogP contribution is -2.59. The van der Waals surface area contributed by atoms with Crippen LogP contribution < -0.4 is 5.32 Å². The molecule has 1 aromatic rings. The van der Waals surface area contributed by atoms with Gasteiger partial charge in [0.25, 0.3) is 0 Å². The molecule has 0 spiro atoms. The molecule has 1 N–H and O–H groups in total. The maximum absolute atomic E-state index is 13.1. The van der Waals surface area contributed by atoms with E-state index in [1.165, 1.54) is 0 Å². The van der Waals surface area contributed by atoms with Crippen LogP contribution in [-0.4, -0.2) is 37.9 Å². The molecule has 0 atom stereocenters. The van der Waals surface area contributed by atoms with Crippen molar-refractivity contribution in [3.8, 4) is 0 Å². The lowest BCUT2D eigenvalue weighted by molar-refractivity contribution is 0.186. The average Bonchev–Trinajstić information content (AvgIpc) is 2.25. The molecule has 1 aliphatic heterocycles. The van der Waals surface area contributed by atoms with E-state index in [9.17, 15) is 8.42 Å². The van der Waals surface area contributed by atoms with Crippen molar-refractivity contribution in [3.05, 3.63) is 28.8 Å². The largest absolute Gasteiger partial charge is 0.314 e. The Kier molecular flexibility index (Phi) is 3.97. The first-order valence-electron chi connectivity index (χ1n) is 6.98. The summed E-state index contributed by atoms with van der Waals surface area (Å²) in [6, 6.07) is 3.88. The molecular formula is C15H24N2O2S. The van der Waals surface area contributed by atoms with Crippen LogP contribution >= 0.6 is 0 Å². The number of sulfonamides is 1. The van der Waals surface area contributed by atoms with Gasteiger partial charge in [-0.15, -0.1) is 0 Å². The summed E-state index contributed by atoms with van der Waals surface area (Å²) in [5, 5.41) is 3.26. The third-order valence-electron chi connectivity index (χ3n) is 3.88. The van der Waals surface area contributed by atoms with Gasteiger partial charge in [-0.1, -0.05) is 17.7 Å². The van der Waals surface area contributed by atoms with Crippen molar-refractivity contribution in [2.45, 2.75) is 45.1 Å². The highest BCUT2D eigenvalue weighted by atomic mass is 32.2. The highest BCUT2D eigenvalue weighted by molar-refractivity contribution is 7.89. The summed E-state index contributed by atoms with van der Waals surface area (Å²) in [7, 11) is -3.45. The van der Waals surface area contributed by atoms with E-state index in [-0.39, 0.29) is 0 Å². The number of aryl methyl sites for hydroxylation is 3. The van der Waals surface area contributed by atoms with Crippen molar-refractivity contribution in [2.75, 3.05) is 19.6 Å². The molecule has 1 aromatic carbocycles. The minimum atomic E-state index is -3.45. The molecule has 1 aliphatic rings. The Bertz CT molecular complexity index is 598. The van der Waals surface area contributed by atoms with Crippen molar-refractivity contribution in [1.29, 1.82) is 0 Å². The van der Waals surface area contributed by atoms with E-state index in [1.807, 2.05) is 46.8 Å². The van der Waals surface area contributed by atoms with E-state index in [1.54, 1.807) is 4.31 Å². The molecule has 0 unspecified atom stereocenters. The van der Waals surface area contributed by atoms with Gasteiger partial charge in [0.15, 0.2) is 0 Å². The van der Waals surface area contributed by atoms with Crippen LogP contribution in [0.1, 0.15) is 30.5 Å². The predicted octanol–water partition coefficient (Wildman–Crippen LogP) is 1.98. The highest BCUT2D eigenvalue weighted by Crippen LogP contribution is 2.30. The second kappa shape index (κ2) is 5.13. The summed E-state index contributed by atoms with van der Waals surface area (Å²) in [5.41, 5.74) is 2.35. The zero-order chi connectivity index (χ0) is 15.1. The summed E-state index contributed by atoms with van der Waals surface area (Å²) in [6.45, 7) is 11.6. The summed E-state index contributed by atoms with van der Waals surface area (Å²) >= 11 is 0. The number of benzene rings is 1. The van der Waals surface area contributed by atoms with Gasteiger partial charge in [-0.25, -0.2) is 8.42 Å². The Balaban J connectivity index is 2.56. The molecule has 0 aromatic heterocycles. The fourth-order valence-corrected chi connectivity index (χ4v) is 5.29. The number of hydrogen-bond donors (Lipinski definition) is 1. The van der Waals surface area contributed by atoms with Gasteiger partial charge in [0.2, 0.25) is 10.0 Å². The quantitative estimate of drug-likeness (QED) is 0.908. The summed E-state index contributed by atoms with van der Waals surface area (Å²) < 4.78 is 27.7. The average molecular weight is 296 g/mol. The number of rotatable bonds is 2. The van der Waals surface area contributed by atoms with Gasteiger partial charge in [0, 0.05) is 25.2 Å². The summed E-state index contributed by atoms with van der Waals surface area (Å²) in [5.74, 6) is 0. The first-order valence-corrected chi connectivity index (χ1v) is 8.42. The zero-order valence-electron chi connectivity index (χ0n) is 12.9. The van der Waals surface area contributed by atoms with Crippen LogP contribution in [0.4, 0.5) is 0 Å². The Morgan fingerprint density at radius 3 is 2.20 bits per heavy atom. The maximum Gasteiger partial charge on any atom is 0.244 e. The Labute approximate surface area is 122 Å². The van der Waals surface area contributed by atoms with Crippen LogP contribution in [0.2, 0.25) is 0 Å². The van der Waals surface area contributed by atoms with Crippen molar-refractivity contribution in [3.63, 3.8) is 0 Å². The minimum absolute atomic E-state index is 0.402. The molecule has 112 valence electrons. The lowest BCUT2D eigenvalue weighted by Gasteiger charge is -2.41. The Hall–Kier alpha value is -0.910. The van der Waals surface area contributed by atoms with Gasteiger partial charge >= 0.3 is 0 Å². The van der Waals surface area contributed by atoms with Gasteiger partial charge in [0.05, 0.1) is 4.90 Å². The van der Waals surface area contributed by atoms with E-state index in [2.05, 4.69) is 5.32 Å². The topological polar surface area (TPSA) is 49.4 Å². The summed E-state index contributed by atoms with van der Waals surface area (Å²) in [4.78, 5) is 0.470. The lowest BCUT2D eigenvalue weighted by atomic mass is 10.0. The first-order chi connectivity index (χ1) is 9.16. The van der Waals surface area contributed by atoms with Crippen molar-refractivity contribution in [2.24, 2.45) is 0 Å². The Morgan fingerprint density at radius 2 is 1.70 bits per heavy atom. The molecule has 0 saturated carbocycles. The van der Waals surface area contributed by atoms with Gasteiger partial charge < -0.3 is 5.32 Å². The first kappa shape index (κ1) is 15.5. The zero-order valence-corrected chi connectivity index (χ0v) is 13.8.